The number of hydrogen-bond donors (Lipinski definition) is 0. The van der Waals surface area contributed by atoms with E-state index in [9.17, 15) is 9.59 Å². The zero-order valence-electron chi connectivity index (χ0n) is 13.5. The van der Waals surface area contributed by atoms with E-state index in [0.717, 1.165) is 29.5 Å². The number of hydrogen-bond acceptors (Lipinski definition) is 5. The minimum atomic E-state index is -0.389. The first-order valence-corrected chi connectivity index (χ1v) is 7.77. The molecular formula is C18H21NO4. The topological polar surface area (TPSA) is 65.5 Å². The number of pyridine rings is 1. The number of aromatic nitrogens is 1. The molecule has 0 amide bonds. The first-order valence-electron chi connectivity index (χ1n) is 7.77. The second kappa shape index (κ2) is 8.27. The van der Waals surface area contributed by atoms with Crippen LogP contribution in [0.3, 0.4) is 0 Å². The second-order valence-corrected chi connectivity index (χ2v) is 5.24. The third-order valence-corrected chi connectivity index (χ3v) is 3.56. The van der Waals surface area contributed by atoms with Gasteiger partial charge in [-0.25, -0.2) is 0 Å². The van der Waals surface area contributed by atoms with E-state index in [0.29, 0.717) is 12.2 Å². The van der Waals surface area contributed by atoms with Crippen LogP contribution < -0.4 is 4.74 Å². The van der Waals surface area contributed by atoms with E-state index in [-0.39, 0.29) is 24.6 Å². The van der Waals surface area contributed by atoms with Crippen LogP contribution in [0, 0.1) is 0 Å². The Morgan fingerprint density at radius 1 is 1.17 bits per heavy atom. The van der Waals surface area contributed by atoms with Crippen molar-refractivity contribution in [2.24, 2.45) is 0 Å². The molecule has 0 radical (unpaired) electrons. The highest BCUT2D eigenvalue weighted by Gasteiger charge is 2.13. The maximum Gasteiger partial charge on any atom is 0.305 e. The van der Waals surface area contributed by atoms with Crippen molar-refractivity contribution in [3.8, 4) is 5.75 Å². The maximum atomic E-state index is 12.4. The molecule has 5 heteroatoms. The molecule has 0 saturated heterocycles. The highest BCUT2D eigenvalue weighted by Crippen LogP contribution is 2.24. The van der Waals surface area contributed by atoms with Crippen LogP contribution >= 0.6 is 0 Å². The molecular weight excluding hydrogens is 294 g/mol. The van der Waals surface area contributed by atoms with Crippen LogP contribution in [-0.2, 0) is 9.53 Å². The van der Waals surface area contributed by atoms with Crippen molar-refractivity contribution in [3.63, 3.8) is 0 Å². The zero-order valence-corrected chi connectivity index (χ0v) is 13.5. The first-order chi connectivity index (χ1) is 11.2. The fraction of sp³-hybridized carbons (Fsp3) is 0.389. The van der Waals surface area contributed by atoms with Crippen molar-refractivity contribution < 1.29 is 19.1 Å². The summed E-state index contributed by atoms with van der Waals surface area (Å²) in [6, 6.07) is 7.21. The Hall–Kier alpha value is -2.43. The monoisotopic (exact) mass is 315 g/mol. The van der Waals surface area contributed by atoms with Crippen LogP contribution in [0.5, 0.6) is 5.75 Å². The number of unbranched alkanes of at least 4 members (excludes halogenated alkanes) is 1. The van der Waals surface area contributed by atoms with Crippen LogP contribution in [-0.4, -0.2) is 30.5 Å². The molecule has 0 aliphatic rings. The number of methoxy groups -OCH3 is 1. The summed E-state index contributed by atoms with van der Waals surface area (Å²) in [5.74, 6) is 0.231. The molecule has 1 aromatic heterocycles. The van der Waals surface area contributed by atoms with Gasteiger partial charge >= 0.3 is 5.97 Å². The number of ether oxygens (including phenoxy) is 2. The van der Waals surface area contributed by atoms with Crippen molar-refractivity contribution in [2.75, 3.05) is 13.7 Å². The zero-order chi connectivity index (χ0) is 16.7. The van der Waals surface area contributed by atoms with Gasteiger partial charge in [0.25, 0.3) is 0 Å². The molecule has 2 aromatic rings. The van der Waals surface area contributed by atoms with Crippen molar-refractivity contribution in [1.82, 2.24) is 4.98 Å². The van der Waals surface area contributed by atoms with Gasteiger partial charge in [-0.05, 0) is 30.7 Å². The molecule has 0 fully saturated rings. The standard InChI is InChI=1S/C18H21NO4/c1-3-4-11-23-13-5-6-16-15(12-13)14(9-10-19-16)17(20)7-8-18(21)22-2/h5-6,9-10,12H,3-4,7-8,11H2,1-2H3. The Labute approximate surface area is 135 Å². The van der Waals surface area contributed by atoms with E-state index >= 15 is 0 Å². The number of carbonyl (C=O) groups excluding carboxylic acids is 2. The van der Waals surface area contributed by atoms with Gasteiger partial charge in [0.05, 0.1) is 25.7 Å². The molecule has 0 aliphatic carbocycles. The van der Waals surface area contributed by atoms with Crippen molar-refractivity contribution in [1.29, 1.82) is 0 Å². The van der Waals surface area contributed by atoms with Gasteiger partial charge in [0, 0.05) is 23.6 Å². The number of ketones is 1. The molecule has 0 saturated carbocycles. The molecule has 2 rings (SSSR count). The van der Waals surface area contributed by atoms with Gasteiger partial charge in [0.2, 0.25) is 0 Å². The molecule has 0 bridgehead atoms. The molecule has 0 spiro atoms. The van der Waals surface area contributed by atoms with Crippen molar-refractivity contribution in [3.05, 3.63) is 36.0 Å². The van der Waals surface area contributed by atoms with E-state index in [1.54, 1.807) is 12.3 Å². The molecule has 1 heterocycles. The van der Waals surface area contributed by atoms with E-state index in [2.05, 4.69) is 16.6 Å². The molecule has 5 nitrogen and oxygen atoms in total. The van der Waals surface area contributed by atoms with Crippen LogP contribution in [0.25, 0.3) is 10.9 Å². The average Bonchev–Trinajstić information content (AvgIpc) is 2.59. The van der Waals surface area contributed by atoms with Gasteiger partial charge < -0.3 is 9.47 Å². The smallest absolute Gasteiger partial charge is 0.305 e. The summed E-state index contributed by atoms with van der Waals surface area (Å²) >= 11 is 0. The van der Waals surface area contributed by atoms with Crippen LogP contribution in [0.1, 0.15) is 43.0 Å². The lowest BCUT2D eigenvalue weighted by Crippen LogP contribution is -2.07. The highest BCUT2D eigenvalue weighted by atomic mass is 16.5. The van der Waals surface area contributed by atoms with Crippen LogP contribution in [0.4, 0.5) is 0 Å². The lowest BCUT2D eigenvalue weighted by Gasteiger charge is -2.09. The number of nitrogens with zero attached hydrogens (tertiary/aromatic N) is 1. The summed E-state index contributed by atoms with van der Waals surface area (Å²) in [5, 5.41) is 0.747. The normalized spacial score (nSPS) is 10.5. The molecule has 122 valence electrons. The largest absolute Gasteiger partial charge is 0.494 e. The summed E-state index contributed by atoms with van der Waals surface area (Å²) in [4.78, 5) is 27.9. The molecule has 0 atom stereocenters. The number of Topliss-reactive ketones (excluding diaryl/α,β-unsaturated/α-hetero) is 1. The lowest BCUT2D eigenvalue weighted by molar-refractivity contribution is -0.140. The van der Waals surface area contributed by atoms with Crippen molar-refractivity contribution >= 4 is 22.7 Å². The molecule has 0 aliphatic heterocycles. The van der Waals surface area contributed by atoms with Crippen molar-refractivity contribution in [2.45, 2.75) is 32.6 Å². The van der Waals surface area contributed by atoms with Gasteiger partial charge in [0.1, 0.15) is 5.75 Å². The van der Waals surface area contributed by atoms with Gasteiger partial charge in [-0.15, -0.1) is 0 Å². The van der Waals surface area contributed by atoms with Gasteiger partial charge in [-0.2, -0.15) is 0 Å². The average molecular weight is 315 g/mol. The fourth-order valence-electron chi connectivity index (χ4n) is 2.24. The van der Waals surface area contributed by atoms with E-state index in [1.165, 1.54) is 7.11 Å². The quantitative estimate of drug-likeness (QED) is 0.423. The van der Waals surface area contributed by atoms with Crippen LogP contribution in [0.2, 0.25) is 0 Å². The van der Waals surface area contributed by atoms with Gasteiger partial charge in [-0.1, -0.05) is 13.3 Å². The Bertz CT molecular complexity index is 696. The minimum Gasteiger partial charge on any atom is -0.494 e. The fourth-order valence-corrected chi connectivity index (χ4v) is 2.24. The first kappa shape index (κ1) is 16.9. The SMILES string of the molecule is CCCCOc1ccc2nccc(C(=O)CCC(=O)OC)c2c1. The molecule has 23 heavy (non-hydrogen) atoms. The maximum absolute atomic E-state index is 12.4. The lowest BCUT2D eigenvalue weighted by atomic mass is 10.0. The third kappa shape index (κ3) is 4.52. The van der Waals surface area contributed by atoms with E-state index in [1.807, 2.05) is 18.2 Å². The van der Waals surface area contributed by atoms with E-state index in [4.69, 9.17) is 4.74 Å². The molecule has 0 N–H and O–H groups in total. The highest BCUT2D eigenvalue weighted by molar-refractivity contribution is 6.08. The van der Waals surface area contributed by atoms with E-state index < -0.39 is 0 Å². The summed E-state index contributed by atoms with van der Waals surface area (Å²) in [6.07, 6.45) is 3.84. The number of benzene rings is 1. The minimum absolute atomic E-state index is 0.0752. The molecule has 1 aromatic carbocycles. The Morgan fingerprint density at radius 2 is 2.00 bits per heavy atom. The molecule has 0 unspecified atom stereocenters. The number of esters is 1. The summed E-state index contributed by atoms with van der Waals surface area (Å²) in [6.45, 7) is 2.75. The summed E-state index contributed by atoms with van der Waals surface area (Å²) in [5.41, 5.74) is 1.29. The predicted octanol–water partition coefficient (Wildman–Crippen LogP) is 3.55. The number of fused-ring (bicyclic) bond motifs is 1. The third-order valence-electron chi connectivity index (χ3n) is 3.56. The summed E-state index contributed by atoms with van der Waals surface area (Å²) in [7, 11) is 1.31. The second-order valence-electron chi connectivity index (χ2n) is 5.24. The van der Waals surface area contributed by atoms with Crippen LogP contribution in [0.15, 0.2) is 30.5 Å². The Kier molecular flexibility index (Phi) is 6.09. The van der Waals surface area contributed by atoms with Gasteiger partial charge in [0.15, 0.2) is 5.78 Å². The van der Waals surface area contributed by atoms with Gasteiger partial charge in [-0.3, -0.25) is 14.6 Å². The number of carbonyl (C=O) groups is 2. The predicted molar refractivity (Wildman–Crippen MR) is 87.7 cm³/mol. The Morgan fingerprint density at radius 3 is 2.74 bits per heavy atom. The number of rotatable bonds is 8. The summed E-state index contributed by atoms with van der Waals surface area (Å²) < 4.78 is 10.3. The Balaban J connectivity index is 2.22.